The molecule has 0 bridgehead atoms. The zero-order valence-electron chi connectivity index (χ0n) is 9.74. The van der Waals surface area contributed by atoms with E-state index in [9.17, 15) is 14.7 Å². The zero-order chi connectivity index (χ0) is 13.8. The molecule has 0 aliphatic rings. The van der Waals surface area contributed by atoms with Gasteiger partial charge in [0.2, 0.25) is 5.91 Å². The molecule has 0 fully saturated rings. The molecule has 0 aliphatic heterocycles. The maximum absolute atomic E-state index is 11.2. The number of pyridine rings is 1. The van der Waals surface area contributed by atoms with Crippen LogP contribution < -0.4 is 11.1 Å². The lowest BCUT2D eigenvalue weighted by atomic mass is 10.2. The van der Waals surface area contributed by atoms with Gasteiger partial charge in [-0.25, -0.2) is 9.78 Å². The van der Waals surface area contributed by atoms with Crippen LogP contribution in [0.2, 0.25) is 0 Å². The maximum atomic E-state index is 11.2. The molecule has 19 heavy (non-hydrogen) atoms. The molecule has 0 saturated carbocycles. The number of nitrogens with zero attached hydrogens (tertiary/aromatic N) is 1. The molecule has 2 heterocycles. The molecule has 1 atom stereocenters. The van der Waals surface area contributed by atoms with Crippen molar-refractivity contribution in [2.75, 3.05) is 5.32 Å². The number of amides is 1. The number of carboxylic acid groups (broad SMARTS) is 1. The lowest BCUT2D eigenvalue weighted by Crippen LogP contribution is -2.20. The van der Waals surface area contributed by atoms with Crippen LogP contribution in [0, 0.1) is 0 Å². The molecular formula is C12H11N3O3S. The molecule has 0 saturated heterocycles. The van der Waals surface area contributed by atoms with E-state index in [4.69, 9.17) is 5.73 Å². The summed E-state index contributed by atoms with van der Waals surface area (Å²) in [7, 11) is 0. The fraction of sp³-hybridized carbons (Fsp3) is 0.0833. The Bertz CT molecular complexity index is 581. The van der Waals surface area contributed by atoms with Gasteiger partial charge < -0.3 is 16.2 Å². The lowest BCUT2D eigenvalue weighted by molar-refractivity contribution is -0.138. The second-order valence-electron chi connectivity index (χ2n) is 3.73. The van der Waals surface area contributed by atoms with Crippen molar-refractivity contribution in [3.05, 3.63) is 46.3 Å². The number of aliphatic carboxylic acids is 1. The number of nitrogens with one attached hydrogen (secondary N) is 1. The van der Waals surface area contributed by atoms with Crippen LogP contribution in [0.5, 0.6) is 0 Å². The van der Waals surface area contributed by atoms with Gasteiger partial charge in [-0.05, 0) is 23.6 Å². The number of anilines is 1. The SMILES string of the molecule is NC(=O)c1ccc(NC(C(=O)O)c2cccs2)nc1. The number of aromatic nitrogens is 1. The van der Waals surface area contributed by atoms with Crippen LogP contribution in [0.3, 0.4) is 0 Å². The van der Waals surface area contributed by atoms with Gasteiger partial charge in [0, 0.05) is 11.1 Å². The van der Waals surface area contributed by atoms with Crippen LogP contribution in [0.25, 0.3) is 0 Å². The van der Waals surface area contributed by atoms with Crippen molar-refractivity contribution in [2.24, 2.45) is 5.73 Å². The molecule has 1 amide bonds. The standard InChI is InChI=1S/C12H11N3O3S/c13-11(16)7-3-4-9(14-6-7)15-10(12(17)18)8-2-1-5-19-8/h1-6,10H,(H2,13,16)(H,14,15)(H,17,18). The molecular weight excluding hydrogens is 266 g/mol. The summed E-state index contributed by atoms with van der Waals surface area (Å²) in [6.07, 6.45) is 1.30. The number of nitrogens with two attached hydrogens (primary N) is 1. The molecule has 0 radical (unpaired) electrons. The van der Waals surface area contributed by atoms with E-state index in [1.54, 1.807) is 17.5 Å². The smallest absolute Gasteiger partial charge is 0.331 e. The van der Waals surface area contributed by atoms with Gasteiger partial charge in [-0.3, -0.25) is 4.79 Å². The highest BCUT2D eigenvalue weighted by Gasteiger charge is 2.20. The van der Waals surface area contributed by atoms with Crippen molar-refractivity contribution in [3.63, 3.8) is 0 Å². The minimum atomic E-state index is -0.997. The van der Waals surface area contributed by atoms with Crippen LogP contribution >= 0.6 is 11.3 Å². The van der Waals surface area contributed by atoms with Crippen LogP contribution in [0.4, 0.5) is 5.82 Å². The predicted octanol–water partition coefficient (Wildman–Crippen LogP) is 1.48. The fourth-order valence-electron chi connectivity index (χ4n) is 1.48. The maximum Gasteiger partial charge on any atom is 0.331 e. The van der Waals surface area contributed by atoms with Gasteiger partial charge in [-0.15, -0.1) is 11.3 Å². The molecule has 2 rings (SSSR count). The molecule has 0 aromatic carbocycles. The first-order chi connectivity index (χ1) is 9.08. The molecule has 0 spiro atoms. The molecule has 0 aliphatic carbocycles. The Morgan fingerprint density at radius 1 is 1.37 bits per heavy atom. The van der Waals surface area contributed by atoms with E-state index in [2.05, 4.69) is 10.3 Å². The van der Waals surface area contributed by atoms with Crippen LogP contribution in [-0.2, 0) is 4.79 Å². The third-order valence-electron chi connectivity index (χ3n) is 2.41. The number of thiophene rings is 1. The summed E-state index contributed by atoms with van der Waals surface area (Å²) >= 11 is 1.34. The largest absolute Gasteiger partial charge is 0.479 e. The summed E-state index contributed by atoms with van der Waals surface area (Å²) in [5.74, 6) is -1.21. The van der Waals surface area contributed by atoms with Crippen LogP contribution in [0.1, 0.15) is 21.3 Å². The summed E-state index contributed by atoms with van der Waals surface area (Å²) in [5.41, 5.74) is 5.37. The van der Waals surface area contributed by atoms with E-state index in [1.165, 1.54) is 29.7 Å². The van der Waals surface area contributed by atoms with Gasteiger partial charge in [0.1, 0.15) is 5.82 Å². The molecule has 6 nitrogen and oxygen atoms in total. The number of primary amides is 1. The van der Waals surface area contributed by atoms with Crippen LogP contribution in [-0.4, -0.2) is 22.0 Å². The Hall–Kier alpha value is -2.41. The minimum absolute atomic E-state index is 0.272. The Balaban J connectivity index is 2.18. The Morgan fingerprint density at radius 3 is 2.63 bits per heavy atom. The summed E-state index contributed by atoms with van der Waals surface area (Å²) in [6.45, 7) is 0. The Kier molecular flexibility index (Phi) is 3.76. The van der Waals surface area contributed by atoms with Crippen molar-refractivity contribution < 1.29 is 14.7 Å². The predicted molar refractivity (Wildman–Crippen MR) is 71.1 cm³/mol. The Morgan fingerprint density at radius 2 is 2.16 bits per heavy atom. The minimum Gasteiger partial charge on any atom is -0.479 e. The zero-order valence-corrected chi connectivity index (χ0v) is 10.6. The second kappa shape index (κ2) is 5.49. The quantitative estimate of drug-likeness (QED) is 0.767. The molecule has 7 heteroatoms. The Labute approximate surface area is 112 Å². The van der Waals surface area contributed by atoms with E-state index in [0.29, 0.717) is 10.7 Å². The van der Waals surface area contributed by atoms with Crippen molar-refractivity contribution in [2.45, 2.75) is 6.04 Å². The van der Waals surface area contributed by atoms with Gasteiger partial charge in [0.25, 0.3) is 0 Å². The van der Waals surface area contributed by atoms with E-state index < -0.39 is 17.9 Å². The summed E-state index contributed by atoms with van der Waals surface area (Å²) in [6, 6.07) is 5.65. The number of hydrogen-bond donors (Lipinski definition) is 3. The van der Waals surface area contributed by atoms with Gasteiger partial charge in [0.15, 0.2) is 6.04 Å². The van der Waals surface area contributed by atoms with Crippen molar-refractivity contribution in [3.8, 4) is 0 Å². The lowest BCUT2D eigenvalue weighted by Gasteiger charge is -2.13. The van der Waals surface area contributed by atoms with Gasteiger partial charge in [-0.1, -0.05) is 6.07 Å². The molecule has 2 aromatic rings. The van der Waals surface area contributed by atoms with E-state index in [1.807, 2.05) is 0 Å². The molecule has 98 valence electrons. The molecule has 2 aromatic heterocycles. The van der Waals surface area contributed by atoms with Crippen molar-refractivity contribution in [1.82, 2.24) is 4.98 Å². The highest BCUT2D eigenvalue weighted by Crippen LogP contribution is 2.23. The third kappa shape index (κ3) is 3.08. The van der Waals surface area contributed by atoms with Crippen molar-refractivity contribution >= 4 is 29.0 Å². The average Bonchev–Trinajstić information content (AvgIpc) is 2.89. The van der Waals surface area contributed by atoms with Gasteiger partial charge in [0.05, 0.1) is 5.56 Å². The number of carbonyl (C=O) groups excluding carboxylic acids is 1. The van der Waals surface area contributed by atoms with Gasteiger partial charge >= 0.3 is 5.97 Å². The van der Waals surface area contributed by atoms with E-state index in [0.717, 1.165) is 0 Å². The van der Waals surface area contributed by atoms with Gasteiger partial charge in [-0.2, -0.15) is 0 Å². The third-order valence-corrected chi connectivity index (χ3v) is 3.35. The number of carbonyl (C=O) groups is 2. The monoisotopic (exact) mass is 277 g/mol. The number of hydrogen-bond acceptors (Lipinski definition) is 5. The first-order valence-electron chi connectivity index (χ1n) is 5.36. The topological polar surface area (TPSA) is 105 Å². The highest BCUT2D eigenvalue weighted by molar-refractivity contribution is 7.10. The van der Waals surface area contributed by atoms with Crippen molar-refractivity contribution in [1.29, 1.82) is 0 Å². The first-order valence-corrected chi connectivity index (χ1v) is 6.24. The normalized spacial score (nSPS) is 11.8. The fourth-order valence-corrected chi connectivity index (χ4v) is 2.25. The summed E-state index contributed by atoms with van der Waals surface area (Å²) < 4.78 is 0. The summed E-state index contributed by atoms with van der Waals surface area (Å²) in [4.78, 5) is 26.8. The molecule has 4 N–H and O–H groups in total. The summed E-state index contributed by atoms with van der Waals surface area (Å²) in [5, 5.41) is 13.8. The second-order valence-corrected chi connectivity index (χ2v) is 4.71. The van der Waals surface area contributed by atoms with E-state index >= 15 is 0 Å². The first kappa shape index (κ1) is 13.0. The average molecular weight is 277 g/mol. The highest BCUT2D eigenvalue weighted by atomic mass is 32.1. The number of rotatable bonds is 5. The molecule has 1 unspecified atom stereocenters. The van der Waals surface area contributed by atoms with Crippen LogP contribution in [0.15, 0.2) is 35.8 Å². The number of carboxylic acids is 1. The van der Waals surface area contributed by atoms with E-state index in [-0.39, 0.29) is 5.56 Å².